The third-order valence-electron chi connectivity index (χ3n) is 5.41. The molecule has 2 N–H and O–H groups in total. The van der Waals surface area contributed by atoms with Gasteiger partial charge in [-0.2, -0.15) is 0 Å². The lowest BCUT2D eigenvalue weighted by molar-refractivity contribution is -0.119. The molecule has 0 atom stereocenters. The molecule has 1 aliphatic rings. The normalized spacial score (nSPS) is 12.7. The lowest BCUT2D eigenvalue weighted by atomic mass is 10.2. The Hall–Kier alpha value is -3.44. The van der Waals surface area contributed by atoms with Gasteiger partial charge in [-0.15, -0.1) is 28.1 Å². The standard InChI is InChI=1S/C22H20N6O3S2/c1-2-10-27-20(31)14-7-3-4-8-15(14)28-21(27)25-26-22(28)32-12-18(29)23-24-19(30)17-11-13-6-5-9-16(13)33-17/h2-4,7-8,11H,1,5-6,9-10,12H2,(H,23,29)(H,24,30). The number of fused-ring (bicyclic) bond motifs is 4. The van der Waals surface area contributed by atoms with Gasteiger partial charge in [0.2, 0.25) is 11.7 Å². The summed E-state index contributed by atoms with van der Waals surface area (Å²) < 4.78 is 3.25. The minimum Gasteiger partial charge on any atom is -0.272 e. The van der Waals surface area contributed by atoms with Crippen LogP contribution in [0.25, 0.3) is 16.7 Å². The van der Waals surface area contributed by atoms with Gasteiger partial charge < -0.3 is 0 Å². The predicted molar refractivity (Wildman–Crippen MR) is 128 cm³/mol. The van der Waals surface area contributed by atoms with Gasteiger partial charge in [0.25, 0.3) is 11.5 Å². The summed E-state index contributed by atoms with van der Waals surface area (Å²) in [7, 11) is 0. The van der Waals surface area contributed by atoms with Crippen LogP contribution in [-0.2, 0) is 24.2 Å². The quantitative estimate of drug-likeness (QED) is 0.249. The van der Waals surface area contributed by atoms with E-state index >= 15 is 0 Å². The highest BCUT2D eigenvalue weighted by Gasteiger charge is 2.20. The van der Waals surface area contributed by atoms with Crippen LogP contribution in [0.4, 0.5) is 0 Å². The minimum absolute atomic E-state index is 0.0108. The molecule has 0 aliphatic heterocycles. The summed E-state index contributed by atoms with van der Waals surface area (Å²) in [5, 5.41) is 9.35. The zero-order valence-corrected chi connectivity index (χ0v) is 19.2. The molecule has 0 saturated carbocycles. The molecule has 33 heavy (non-hydrogen) atoms. The molecule has 3 aromatic heterocycles. The molecule has 3 heterocycles. The lowest BCUT2D eigenvalue weighted by Crippen LogP contribution is -2.42. The third-order valence-corrected chi connectivity index (χ3v) is 7.57. The summed E-state index contributed by atoms with van der Waals surface area (Å²) in [6.07, 6.45) is 4.77. The van der Waals surface area contributed by atoms with E-state index in [1.807, 2.05) is 18.2 Å². The van der Waals surface area contributed by atoms with Crippen molar-refractivity contribution in [2.45, 2.75) is 31.0 Å². The van der Waals surface area contributed by atoms with Crippen LogP contribution in [0.2, 0.25) is 0 Å². The number of aromatic nitrogens is 4. The number of carbonyl (C=O) groups excluding carboxylic acids is 2. The molecule has 0 fully saturated rings. The van der Waals surface area contributed by atoms with Gasteiger partial charge in [-0.05, 0) is 43.0 Å². The van der Waals surface area contributed by atoms with Gasteiger partial charge >= 0.3 is 0 Å². The Kier molecular flexibility index (Phi) is 5.73. The molecule has 0 radical (unpaired) electrons. The van der Waals surface area contributed by atoms with Crippen molar-refractivity contribution in [2.24, 2.45) is 0 Å². The summed E-state index contributed by atoms with van der Waals surface area (Å²) in [5.74, 6) is -0.310. The van der Waals surface area contributed by atoms with Crippen LogP contribution < -0.4 is 16.4 Å². The highest BCUT2D eigenvalue weighted by atomic mass is 32.2. The number of nitrogens with one attached hydrogen (secondary N) is 2. The van der Waals surface area contributed by atoms with E-state index in [4.69, 9.17) is 0 Å². The number of benzene rings is 1. The highest BCUT2D eigenvalue weighted by Crippen LogP contribution is 2.30. The molecule has 2 amide bonds. The van der Waals surface area contributed by atoms with Crippen molar-refractivity contribution >= 4 is 51.6 Å². The molecule has 1 aliphatic carbocycles. The van der Waals surface area contributed by atoms with Crippen molar-refractivity contribution in [3.8, 4) is 0 Å². The molecule has 1 aromatic carbocycles. The Morgan fingerprint density at radius 1 is 1.21 bits per heavy atom. The first kappa shape index (κ1) is 21.4. The number of nitrogens with zero attached hydrogens (tertiary/aromatic N) is 4. The van der Waals surface area contributed by atoms with E-state index < -0.39 is 0 Å². The summed E-state index contributed by atoms with van der Waals surface area (Å²) >= 11 is 2.64. The second kappa shape index (κ2) is 8.83. The van der Waals surface area contributed by atoms with Crippen molar-refractivity contribution in [1.29, 1.82) is 0 Å². The fourth-order valence-corrected chi connectivity index (χ4v) is 5.80. The Bertz CT molecular complexity index is 1450. The number of amides is 2. The molecule has 5 rings (SSSR count). The Labute approximate surface area is 196 Å². The van der Waals surface area contributed by atoms with E-state index in [1.54, 1.807) is 22.6 Å². The van der Waals surface area contributed by atoms with Crippen LogP contribution in [0.1, 0.15) is 26.5 Å². The summed E-state index contributed by atoms with van der Waals surface area (Å²) in [6, 6.07) is 9.08. The smallest absolute Gasteiger partial charge is 0.272 e. The fourth-order valence-electron chi connectivity index (χ4n) is 3.92. The molecular formula is C22H20N6O3S2. The second-order valence-corrected chi connectivity index (χ2v) is 9.62. The molecule has 0 unspecified atom stereocenters. The van der Waals surface area contributed by atoms with E-state index in [0.717, 1.165) is 19.3 Å². The maximum absolute atomic E-state index is 12.8. The van der Waals surface area contributed by atoms with Gasteiger partial charge in [0.15, 0.2) is 5.16 Å². The molecule has 0 bridgehead atoms. The van der Waals surface area contributed by atoms with Crippen molar-refractivity contribution in [3.05, 3.63) is 68.7 Å². The van der Waals surface area contributed by atoms with Crippen LogP contribution in [0.5, 0.6) is 0 Å². The van der Waals surface area contributed by atoms with E-state index in [2.05, 4.69) is 27.6 Å². The van der Waals surface area contributed by atoms with Gasteiger partial charge in [-0.25, -0.2) is 0 Å². The number of para-hydroxylation sites is 1. The number of hydrogen-bond donors (Lipinski definition) is 2. The zero-order chi connectivity index (χ0) is 22.9. The first-order valence-corrected chi connectivity index (χ1v) is 12.2. The van der Waals surface area contributed by atoms with E-state index in [1.165, 1.54) is 38.1 Å². The van der Waals surface area contributed by atoms with Gasteiger partial charge in [0.05, 0.1) is 21.5 Å². The van der Waals surface area contributed by atoms with Crippen molar-refractivity contribution in [3.63, 3.8) is 0 Å². The van der Waals surface area contributed by atoms with Gasteiger partial charge in [-0.3, -0.25) is 34.2 Å². The fraction of sp³-hybridized carbons (Fsp3) is 0.227. The topological polar surface area (TPSA) is 110 Å². The average Bonchev–Trinajstić information content (AvgIpc) is 3.54. The van der Waals surface area contributed by atoms with Gasteiger partial charge in [0, 0.05) is 11.4 Å². The first-order chi connectivity index (χ1) is 16.1. The maximum Gasteiger partial charge on any atom is 0.279 e. The predicted octanol–water partition coefficient (Wildman–Crippen LogP) is 2.33. The highest BCUT2D eigenvalue weighted by molar-refractivity contribution is 7.99. The number of hydrogen-bond acceptors (Lipinski definition) is 7. The number of hydrazine groups is 1. The van der Waals surface area contributed by atoms with E-state index in [9.17, 15) is 14.4 Å². The Morgan fingerprint density at radius 2 is 2.06 bits per heavy atom. The number of carbonyl (C=O) groups is 2. The van der Waals surface area contributed by atoms with Crippen LogP contribution in [0.3, 0.4) is 0 Å². The summed E-state index contributed by atoms with van der Waals surface area (Å²) in [6.45, 7) is 4.00. The largest absolute Gasteiger partial charge is 0.279 e. The number of thiophene rings is 1. The van der Waals surface area contributed by atoms with Crippen LogP contribution >= 0.6 is 23.1 Å². The molecular weight excluding hydrogens is 460 g/mol. The minimum atomic E-state index is -0.377. The number of aryl methyl sites for hydroxylation is 2. The van der Waals surface area contributed by atoms with E-state index in [0.29, 0.717) is 26.7 Å². The molecule has 0 spiro atoms. The van der Waals surface area contributed by atoms with Crippen LogP contribution in [0, 0.1) is 0 Å². The van der Waals surface area contributed by atoms with Crippen LogP contribution in [0.15, 0.2) is 52.9 Å². The van der Waals surface area contributed by atoms with Crippen LogP contribution in [-0.4, -0.2) is 36.7 Å². The monoisotopic (exact) mass is 480 g/mol. The van der Waals surface area contributed by atoms with Gasteiger partial charge in [-0.1, -0.05) is 30.0 Å². The summed E-state index contributed by atoms with van der Waals surface area (Å²) in [5.41, 5.74) is 6.64. The molecule has 4 aromatic rings. The number of rotatable bonds is 6. The second-order valence-electron chi connectivity index (χ2n) is 7.54. The van der Waals surface area contributed by atoms with Gasteiger partial charge in [0.1, 0.15) is 0 Å². The van der Waals surface area contributed by atoms with Crippen molar-refractivity contribution in [1.82, 2.24) is 30.0 Å². The molecule has 11 heteroatoms. The maximum atomic E-state index is 12.8. The zero-order valence-electron chi connectivity index (χ0n) is 17.5. The Morgan fingerprint density at radius 3 is 2.88 bits per heavy atom. The van der Waals surface area contributed by atoms with Crippen molar-refractivity contribution in [2.75, 3.05) is 5.75 Å². The average molecular weight is 481 g/mol. The third kappa shape index (κ3) is 3.93. The SMILES string of the molecule is C=CCn1c(=O)c2ccccc2n2c(SCC(=O)NNC(=O)c3cc4c(s3)CCC4)nnc12. The lowest BCUT2D eigenvalue weighted by Gasteiger charge is -2.09. The summed E-state index contributed by atoms with van der Waals surface area (Å²) in [4.78, 5) is 39.4. The Balaban J connectivity index is 1.31. The molecule has 168 valence electrons. The number of allylic oxidation sites excluding steroid dienone is 1. The first-order valence-electron chi connectivity index (χ1n) is 10.4. The molecule has 9 nitrogen and oxygen atoms in total. The number of thioether (sulfide) groups is 1. The molecule has 0 saturated heterocycles. The van der Waals surface area contributed by atoms with E-state index in [-0.39, 0.29) is 29.7 Å². The van der Waals surface area contributed by atoms with Crippen molar-refractivity contribution < 1.29 is 9.59 Å².